The standard InChI is InChI=1S/C9H6O6/c10-4-1-2-5-8(15-3-14-5)6(4)7(11)9(12)13/h1-2,10H,3H2,(H,12,13). The molecule has 1 aliphatic heterocycles. The number of carboxylic acid groups (broad SMARTS) is 1. The third kappa shape index (κ3) is 1.35. The highest BCUT2D eigenvalue weighted by Gasteiger charge is 2.29. The molecule has 2 rings (SSSR count). The summed E-state index contributed by atoms with van der Waals surface area (Å²) in [5.74, 6) is -3.10. The van der Waals surface area contributed by atoms with Crippen molar-refractivity contribution in [1.29, 1.82) is 0 Å². The molecule has 0 spiro atoms. The number of carbonyl (C=O) groups excluding carboxylic acids is 1. The van der Waals surface area contributed by atoms with Crippen molar-refractivity contribution in [2.75, 3.05) is 6.79 Å². The van der Waals surface area contributed by atoms with Gasteiger partial charge in [0.15, 0.2) is 11.5 Å². The maximum absolute atomic E-state index is 11.2. The Morgan fingerprint density at radius 2 is 2.00 bits per heavy atom. The SMILES string of the molecule is O=C(O)C(=O)c1c(O)ccc2c1OCO2. The molecule has 0 saturated heterocycles. The van der Waals surface area contributed by atoms with E-state index in [0.717, 1.165) is 0 Å². The molecule has 0 atom stereocenters. The number of benzene rings is 1. The number of Topliss-reactive ketones (excluding diaryl/α,β-unsaturated/α-hetero) is 1. The van der Waals surface area contributed by atoms with Crippen LogP contribution in [-0.2, 0) is 4.79 Å². The minimum Gasteiger partial charge on any atom is -0.507 e. The van der Waals surface area contributed by atoms with Crippen LogP contribution in [0.2, 0.25) is 0 Å². The molecule has 15 heavy (non-hydrogen) atoms. The number of aliphatic carboxylic acids is 1. The number of hydrogen-bond acceptors (Lipinski definition) is 5. The van der Waals surface area contributed by atoms with Crippen LogP contribution in [0.1, 0.15) is 10.4 Å². The van der Waals surface area contributed by atoms with Crippen molar-refractivity contribution in [3.63, 3.8) is 0 Å². The van der Waals surface area contributed by atoms with Gasteiger partial charge in [-0.1, -0.05) is 0 Å². The third-order valence-electron chi connectivity index (χ3n) is 1.94. The number of ether oxygens (including phenoxy) is 2. The number of hydrogen-bond donors (Lipinski definition) is 2. The second-order valence-electron chi connectivity index (χ2n) is 2.83. The van der Waals surface area contributed by atoms with Gasteiger partial charge in [-0.3, -0.25) is 4.79 Å². The van der Waals surface area contributed by atoms with Crippen LogP contribution < -0.4 is 9.47 Å². The zero-order chi connectivity index (χ0) is 11.0. The number of phenols is 1. The molecular formula is C9H6O6. The van der Waals surface area contributed by atoms with Crippen molar-refractivity contribution >= 4 is 11.8 Å². The molecule has 0 amide bonds. The lowest BCUT2D eigenvalue weighted by Crippen LogP contribution is -2.13. The molecule has 0 aromatic heterocycles. The number of aromatic hydroxyl groups is 1. The summed E-state index contributed by atoms with van der Waals surface area (Å²) in [6.07, 6.45) is 0. The van der Waals surface area contributed by atoms with Crippen LogP contribution in [0, 0.1) is 0 Å². The lowest BCUT2D eigenvalue weighted by atomic mass is 10.1. The van der Waals surface area contributed by atoms with Crippen LogP contribution in [0.3, 0.4) is 0 Å². The van der Waals surface area contributed by atoms with Crippen molar-refractivity contribution in [1.82, 2.24) is 0 Å². The lowest BCUT2D eigenvalue weighted by molar-refractivity contribution is -0.131. The smallest absolute Gasteiger partial charge is 0.377 e. The molecule has 1 aromatic rings. The second-order valence-corrected chi connectivity index (χ2v) is 2.83. The van der Waals surface area contributed by atoms with E-state index in [9.17, 15) is 14.7 Å². The summed E-state index contributed by atoms with van der Waals surface area (Å²) in [6, 6.07) is 2.58. The molecule has 0 radical (unpaired) electrons. The highest BCUT2D eigenvalue weighted by Crippen LogP contribution is 2.40. The first-order chi connectivity index (χ1) is 7.11. The molecule has 6 heteroatoms. The Kier molecular flexibility index (Phi) is 1.96. The normalized spacial score (nSPS) is 12.5. The molecule has 0 bridgehead atoms. The Morgan fingerprint density at radius 1 is 1.27 bits per heavy atom. The van der Waals surface area contributed by atoms with E-state index in [4.69, 9.17) is 14.6 Å². The lowest BCUT2D eigenvalue weighted by Gasteiger charge is -2.04. The Bertz CT molecular complexity index is 450. The van der Waals surface area contributed by atoms with Gasteiger partial charge in [0.1, 0.15) is 11.3 Å². The largest absolute Gasteiger partial charge is 0.507 e. The Balaban J connectivity index is 2.60. The zero-order valence-corrected chi connectivity index (χ0v) is 7.39. The fourth-order valence-corrected chi connectivity index (χ4v) is 1.29. The van der Waals surface area contributed by atoms with E-state index in [0.29, 0.717) is 0 Å². The first-order valence-corrected chi connectivity index (χ1v) is 4.00. The molecule has 1 aliphatic rings. The second kappa shape index (κ2) is 3.16. The monoisotopic (exact) mass is 210 g/mol. The van der Waals surface area contributed by atoms with Gasteiger partial charge in [-0.05, 0) is 12.1 Å². The summed E-state index contributed by atoms with van der Waals surface area (Å²) >= 11 is 0. The van der Waals surface area contributed by atoms with Gasteiger partial charge < -0.3 is 19.7 Å². The van der Waals surface area contributed by atoms with Crippen LogP contribution in [0.25, 0.3) is 0 Å². The number of ketones is 1. The van der Waals surface area contributed by atoms with Crippen molar-refractivity contribution < 1.29 is 29.3 Å². The highest BCUT2D eigenvalue weighted by atomic mass is 16.7. The fourth-order valence-electron chi connectivity index (χ4n) is 1.29. The summed E-state index contributed by atoms with van der Waals surface area (Å²) in [4.78, 5) is 21.7. The van der Waals surface area contributed by atoms with E-state index in [-0.39, 0.29) is 23.9 Å². The predicted molar refractivity (Wildman–Crippen MR) is 46.2 cm³/mol. The zero-order valence-electron chi connectivity index (χ0n) is 7.39. The maximum atomic E-state index is 11.2. The van der Waals surface area contributed by atoms with Crippen LogP contribution in [0.15, 0.2) is 12.1 Å². The number of carbonyl (C=O) groups is 2. The van der Waals surface area contributed by atoms with E-state index in [1.165, 1.54) is 12.1 Å². The van der Waals surface area contributed by atoms with E-state index < -0.39 is 17.5 Å². The molecule has 0 aliphatic carbocycles. The molecule has 78 valence electrons. The van der Waals surface area contributed by atoms with Crippen molar-refractivity contribution in [2.45, 2.75) is 0 Å². The van der Waals surface area contributed by atoms with Gasteiger partial charge in [0.25, 0.3) is 5.78 Å². The number of fused-ring (bicyclic) bond motifs is 1. The van der Waals surface area contributed by atoms with E-state index in [2.05, 4.69) is 0 Å². The van der Waals surface area contributed by atoms with Crippen molar-refractivity contribution in [2.24, 2.45) is 0 Å². The van der Waals surface area contributed by atoms with Crippen LogP contribution in [-0.4, -0.2) is 28.8 Å². The molecular weight excluding hydrogens is 204 g/mol. The minimum absolute atomic E-state index is 0.0256. The van der Waals surface area contributed by atoms with Gasteiger partial charge in [-0.2, -0.15) is 0 Å². The molecule has 0 fully saturated rings. The Hall–Kier alpha value is -2.24. The van der Waals surface area contributed by atoms with Gasteiger partial charge in [-0.25, -0.2) is 4.79 Å². The van der Waals surface area contributed by atoms with Crippen molar-refractivity contribution in [3.8, 4) is 17.2 Å². The average molecular weight is 210 g/mol. The van der Waals surface area contributed by atoms with Crippen LogP contribution in [0.5, 0.6) is 17.2 Å². The molecule has 2 N–H and O–H groups in total. The third-order valence-corrected chi connectivity index (χ3v) is 1.94. The summed E-state index contributed by atoms with van der Waals surface area (Å²) in [5, 5.41) is 17.9. The summed E-state index contributed by atoms with van der Waals surface area (Å²) in [5.41, 5.74) is -0.377. The first-order valence-electron chi connectivity index (χ1n) is 4.00. The van der Waals surface area contributed by atoms with Crippen LogP contribution in [0.4, 0.5) is 0 Å². The fraction of sp³-hybridized carbons (Fsp3) is 0.111. The van der Waals surface area contributed by atoms with Gasteiger partial charge in [0.05, 0.1) is 0 Å². The quantitative estimate of drug-likeness (QED) is 0.541. The topological polar surface area (TPSA) is 93.1 Å². The summed E-state index contributed by atoms with van der Waals surface area (Å²) in [7, 11) is 0. The van der Waals surface area contributed by atoms with Gasteiger partial charge in [0, 0.05) is 0 Å². The molecule has 0 unspecified atom stereocenters. The van der Waals surface area contributed by atoms with E-state index in [1.807, 2.05) is 0 Å². The van der Waals surface area contributed by atoms with Crippen LogP contribution >= 0.6 is 0 Å². The highest BCUT2D eigenvalue weighted by molar-refractivity contribution is 6.41. The minimum atomic E-state index is -1.66. The maximum Gasteiger partial charge on any atom is 0.377 e. The Labute approximate surface area is 83.7 Å². The predicted octanol–water partition coefficient (Wildman–Crippen LogP) is 0.388. The van der Waals surface area contributed by atoms with E-state index >= 15 is 0 Å². The molecule has 1 aromatic carbocycles. The summed E-state index contributed by atoms with van der Waals surface area (Å²) in [6.45, 7) is -0.0985. The van der Waals surface area contributed by atoms with E-state index in [1.54, 1.807) is 0 Å². The first kappa shape index (κ1) is 9.32. The number of carboxylic acids is 1. The molecule has 6 nitrogen and oxygen atoms in total. The number of phenolic OH excluding ortho intramolecular Hbond substituents is 1. The summed E-state index contributed by atoms with van der Waals surface area (Å²) < 4.78 is 9.86. The van der Waals surface area contributed by atoms with Gasteiger partial charge >= 0.3 is 5.97 Å². The molecule has 1 heterocycles. The van der Waals surface area contributed by atoms with Crippen molar-refractivity contribution in [3.05, 3.63) is 17.7 Å². The Morgan fingerprint density at radius 3 is 2.67 bits per heavy atom. The average Bonchev–Trinajstić information content (AvgIpc) is 2.64. The van der Waals surface area contributed by atoms with Gasteiger partial charge in [-0.15, -0.1) is 0 Å². The number of rotatable bonds is 2. The molecule has 0 saturated carbocycles. The van der Waals surface area contributed by atoms with Gasteiger partial charge in [0.2, 0.25) is 6.79 Å².